The number of nitrogens with zero attached hydrogens (tertiary/aromatic N) is 1. The second kappa shape index (κ2) is 10.3. The van der Waals surface area contributed by atoms with Crippen molar-refractivity contribution < 1.29 is 22.7 Å². The quantitative estimate of drug-likeness (QED) is 0.608. The van der Waals surface area contributed by atoms with Gasteiger partial charge in [-0.3, -0.25) is 9.59 Å². The SMILES string of the molecule is CC(OC(=O)C1CCN(S(=O)(=O)c2ccc3c(c2)CCC3)CC1)C(=O)NC(C)c1ccccc1. The number of benzene rings is 2. The third-order valence-corrected chi connectivity index (χ3v) is 8.71. The van der Waals surface area contributed by atoms with Gasteiger partial charge in [0.25, 0.3) is 5.91 Å². The Bertz CT molecular complexity index is 1140. The zero-order valence-corrected chi connectivity index (χ0v) is 20.5. The van der Waals surface area contributed by atoms with Gasteiger partial charge in [-0.2, -0.15) is 4.31 Å². The number of hydrogen-bond acceptors (Lipinski definition) is 5. The molecule has 1 heterocycles. The van der Waals surface area contributed by atoms with Crippen molar-refractivity contribution in [2.24, 2.45) is 5.92 Å². The van der Waals surface area contributed by atoms with Crippen LogP contribution in [0.5, 0.6) is 0 Å². The number of esters is 1. The van der Waals surface area contributed by atoms with Crippen LogP contribution >= 0.6 is 0 Å². The van der Waals surface area contributed by atoms with Gasteiger partial charge in [-0.15, -0.1) is 0 Å². The number of ether oxygens (including phenoxy) is 1. The molecule has 0 spiro atoms. The molecule has 0 bridgehead atoms. The number of hydrogen-bond donors (Lipinski definition) is 1. The first-order valence-electron chi connectivity index (χ1n) is 11.9. The predicted octanol–water partition coefficient (Wildman–Crippen LogP) is 3.39. The van der Waals surface area contributed by atoms with Crippen molar-refractivity contribution in [2.45, 2.75) is 63.0 Å². The molecular weight excluding hydrogens is 452 g/mol. The van der Waals surface area contributed by atoms with Crippen molar-refractivity contribution in [3.8, 4) is 0 Å². The second-order valence-electron chi connectivity index (χ2n) is 9.18. The molecule has 2 atom stereocenters. The van der Waals surface area contributed by atoms with Crippen LogP contribution in [0.15, 0.2) is 53.4 Å². The molecule has 2 aromatic carbocycles. The Balaban J connectivity index is 1.29. The van der Waals surface area contributed by atoms with Crippen molar-refractivity contribution in [3.05, 3.63) is 65.2 Å². The molecule has 1 saturated heterocycles. The van der Waals surface area contributed by atoms with E-state index >= 15 is 0 Å². The van der Waals surface area contributed by atoms with Gasteiger partial charge in [0.15, 0.2) is 6.10 Å². The first-order chi connectivity index (χ1) is 16.3. The van der Waals surface area contributed by atoms with Crippen molar-refractivity contribution in [1.82, 2.24) is 9.62 Å². The van der Waals surface area contributed by atoms with E-state index in [0.717, 1.165) is 30.4 Å². The van der Waals surface area contributed by atoms with Gasteiger partial charge in [0, 0.05) is 13.1 Å². The molecule has 7 nitrogen and oxygen atoms in total. The average molecular weight is 485 g/mol. The lowest BCUT2D eigenvalue weighted by Crippen LogP contribution is -2.42. The lowest BCUT2D eigenvalue weighted by Gasteiger charge is -2.30. The van der Waals surface area contributed by atoms with E-state index in [1.165, 1.54) is 9.87 Å². The zero-order chi connectivity index (χ0) is 24.3. The van der Waals surface area contributed by atoms with Crippen LogP contribution in [0, 0.1) is 5.92 Å². The lowest BCUT2D eigenvalue weighted by molar-refractivity contribution is -0.160. The van der Waals surface area contributed by atoms with Crippen LogP contribution in [0.3, 0.4) is 0 Å². The molecule has 8 heteroatoms. The normalized spacial score (nSPS) is 18.6. The van der Waals surface area contributed by atoms with Gasteiger partial charge in [-0.1, -0.05) is 36.4 Å². The summed E-state index contributed by atoms with van der Waals surface area (Å²) in [7, 11) is -3.59. The minimum Gasteiger partial charge on any atom is -0.452 e. The summed E-state index contributed by atoms with van der Waals surface area (Å²) in [6.07, 6.45) is 2.81. The highest BCUT2D eigenvalue weighted by Crippen LogP contribution is 2.29. The lowest BCUT2D eigenvalue weighted by atomic mass is 9.98. The third-order valence-electron chi connectivity index (χ3n) is 6.82. The van der Waals surface area contributed by atoms with Gasteiger partial charge >= 0.3 is 5.97 Å². The molecule has 34 heavy (non-hydrogen) atoms. The van der Waals surface area contributed by atoms with Crippen molar-refractivity contribution in [1.29, 1.82) is 0 Å². The van der Waals surface area contributed by atoms with E-state index in [-0.39, 0.29) is 25.0 Å². The summed E-state index contributed by atoms with van der Waals surface area (Å²) < 4.78 is 33.1. The average Bonchev–Trinajstić information content (AvgIpc) is 3.32. The number of sulfonamides is 1. The Morgan fingerprint density at radius 1 is 1.00 bits per heavy atom. The molecule has 1 aliphatic heterocycles. The molecule has 4 rings (SSSR count). The Hall–Kier alpha value is -2.71. The van der Waals surface area contributed by atoms with Gasteiger partial charge in [-0.25, -0.2) is 8.42 Å². The van der Waals surface area contributed by atoms with E-state index < -0.39 is 28.0 Å². The maximum Gasteiger partial charge on any atom is 0.309 e. The number of carbonyl (C=O) groups is 2. The molecule has 1 aliphatic carbocycles. The maximum atomic E-state index is 13.1. The number of fused-ring (bicyclic) bond motifs is 1. The van der Waals surface area contributed by atoms with Crippen LogP contribution in [0.4, 0.5) is 0 Å². The molecule has 1 N–H and O–H groups in total. The number of aryl methyl sites for hydroxylation is 2. The van der Waals surface area contributed by atoms with Crippen molar-refractivity contribution in [2.75, 3.05) is 13.1 Å². The first kappa shape index (κ1) is 24.4. The molecule has 2 aliphatic rings. The summed E-state index contributed by atoms with van der Waals surface area (Å²) in [6, 6.07) is 14.8. The van der Waals surface area contributed by atoms with Crippen LogP contribution in [-0.4, -0.2) is 43.8 Å². The van der Waals surface area contributed by atoms with Gasteiger partial charge in [0.1, 0.15) is 0 Å². The predicted molar refractivity (Wildman–Crippen MR) is 129 cm³/mol. The smallest absolute Gasteiger partial charge is 0.309 e. The van der Waals surface area contributed by atoms with Gasteiger partial charge in [0.2, 0.25) is 10.0 Å². The van der Waals surface area contributed by atoms with E-state index in [1.807, 2.05) is 43.3 Å². The molecule has 2 unspecified atom stereocenters. The number of nitrogens with one attached hydrogen (secondary N) is 1. The Morgan fingerprint density at radius 3 is 2.38 bits per heavy atom. The van der Waals surface area contributed by atoms with Gasteiger partial charge in [-0.05, 0) is 74.8 Å². The Labute approximate surface area is 201 Å². The highest BCUT2D eigenvalue weighted by Gasteiger charge is 2.34. The number of carbonyl (C=O) groups excluding carboxylic acids is 2. The molecule has 0 saturated carbocycles. The number of amides is 1. The highest BCUT2D eigenvalue weighted by molar-refractivity contribution is 7.89. The molecule has 0 radical (unpaired) electrons. The number of piperidine rings is 1. The maximum absolute atomic E-state index is 13.1. The summed E-state index contributed by atoms with van der Waals surface area (Å²) in [6.45, 7) is 3.94. The van der Waals surface area contributed by atoms with E-state index in [9.17, 15) is 18.0 Å². The topological polar surface area (TPSA) is 92.8 Å². The van der Waals surface area contributed by atoms with Crippen LogP contribution in [0.2, 0.25) is 0 Å². The fraction of sp³-hybridized carbons (Fsp3) is 0.462. The molecule has 182 valence electrons. The minimum absolute atomic E-state index is 0.206. The standard InChI is InChI=1S/C26H32N2O5S/c1-18(20-7-4-3-5-8-20)27-25(29)19(2)33-26(30)22-13-15-28(16-14-22)34(31,32)24-12-11-21-9-6-10-23(21)17-24/h3-5,7-8,11-12,17-19,22H,6,9-10,13-16H2,1-2H3,(H,27,29). The molecule has 1 fully saturated rings. The molecule has 0 aromatic heterocycles. The molecular formula is C26H32N2O5S. The minimum atomic E-state index is -3.59. The number of rotatable bonds is 7. The van der Waals surface area contributed by atoms with E-state index in [0.29, 0.717) is 17.7 Å². The molecule has 2 aromatic rings. The largest absolute Gasteiger partial charge is 0.452 e. The fourth-order valence-corrected chi connectivity index (χ4v) is 6.19. The van der Waals surface area contributed by atoms with E-state index in [2.05, 4.69) is 5.32 Å². The summed E-state index contributed by atoms with van der Waals surface area (Å²) >= 11 is 0. The highest BCUT2D eigenvalue weighted by atomic mass is 32.2. The summed E-state index contributed by atoms with van der Waals surface area (Å²) in [5, 5.41) is 2.86. The second-order valence-corrected chi connectivity index (χ2v) is 11.1. The third kappa shape index (κ3) is 5.33. The van der Waals surface area contributed by atoms with Crippen molar-refractivity contribution in [3.63, 3.8) is 0 Å². The summed E-state index contributed by atoms with van der Waals surface area (Å²) in [5.74, 6) is -1.24. The Kier molecular flexibility index (Phi) is 7.38. The van der Waals surface area contributed by atoms with E-state index in [1.54, 1.807) is 19.1 Å². The molecule has 1 amide bonds. The first-order valence-corrected chi connectivity index (χ1v) is 13.4. The van der Waals surface area contributed by atoms with Gasteiger partial charge < -0.3 is 10.1 Å². The monoisotopic (exact) mass is 484 g/mol. The van der Waals surface area contributed by atoms with Crippen LogP contribution in [0.25, 0.3) is 0 Å². The Morgan fingerprint density at radius 2 is 1.68 bits per heavy atom. The van der Waals surface area contributed by atoms with Gasteiger partial charge in [0.05, 0.1) is 16.9 Å². The summed E-state index contributed by atoms with van der Waals surface area (Å²) in [5.41, 5.74) is 3.32. The van der Waals surface area contributed by atoms with Crippen LogP contribution in [-0.2, 0) is 37.2 Å². The van der Waals surface area contributed by atoms with Crippen LogP contribution < -0.4 is 5.32 Å². The van der Waals surface area contributed by atoms with Crippen molar-refractivity contribution >= 4 is 21.9 Å². The zero-order valence-electron chi connectivity index (χ0n) is 19.7. The van der Waals surface area contributed by atoms with E-state index in [4.69, 9.17) is 4.74 Å². The van der Waals surface area contributed by atoms with Crippen LogP contribution in [0.1, 0.15) is 55.8 Å². The summed E-state index contributed by atoms with van der Waals surface area (Å²) in [4.78, 5) is 25.5. The fourth-order valence-electron chi connectivity index (χ4n) is 4.67.